The van der Waals surface area contributed by atoms with Gasteiger partial charge in [-0.25, -0.2) is 14.4 Å². The summed E-state index contributed by atoms with van der Waals surface area (Å²) in [5.74, 6) is -2.08. The molecular weight excluding hydrogens is 240 g/mol. The molecule has 0 aromatic carbocycles. The Morgan fingerprint density at radius 1 is 1.56 bits per heavy atom. The van der Waals surface area contributed by atoms with Crippen LogP contribution in [0.4, 0.5) is 0 Å². The quantitative estimate of drug-likeness (QED) is 0.416. The first-order valence-corrected chi connectivity index (χ1v) is 5.49. The van der Waals surface area contributed by atoms with Gasteiger partial charge in [0.25, 0.3) is 0 Å². The van der Waals surface area contributed by atoms with Crippen LogP contribution >= 0.6 is 0 Å². The molecule has 1 fully saturated rings. The van der Waals surface area contributed by atoms with E-state index in [0.717, 1.165) is 6.08 Å². The fourth-order valence-electron chi connectivity index (χ4n) is 1.48. The molecule has 0 aromatic heterocycles. The SMILES string of the molecule is C=CC(=O)OCC(=O)OC1CC(C)(C)COC1=O. The molecule has 18 heavy (non-hydrogen) atoms. The van der Waals surface area contributed by atoms with E-state index in [2.05, 4.69) is 11.3 Å². The topological polar surface area (TPSA) is 78.9 Å². The van der Waals surface area contributed by atoms with E-state index in [0.29, 0.717) is 13.0 Å². The third-order valence-corrected chi connectivity index (χ3v) is 2.38. The minimum atomic E-state index is -0.941. The number of carbonyl (C=O) groups excluding carboxylic acids is 3. The smallest absolute Gasteiger partial charge is 0.347 e. The zero-order valence-electron chi connectivity index (χ0n) is 10.4. The molecule has 0 aliphatic carbocycles. The molecule has 1 heterocycles. The number of carbonyl (C=O) groups is 3. The second-order valence-electron chi connectivity index (χ2n) is 4.77. The zero-order valence-corrected chi connectivity index (χ0v) is 10.4. The van der Waals surface area contributed by atoms with Gasteiger partial charge in [0.2, 0.25) is 0 Å². The lowest BCUT2D eigenvalue weighted by molar-refractivity contribution is -0.182. The van der Waals surface area contributed by atoms with Crippen LogP contribution in [0.15, 0.2) is 12.7 Å². The van der Waals surface area contributed by atoms with E-state index in [1.807, 2.05) is 13.8 Å². The Bertz CT molecular complexity index is 371. The summed E-state index contributed by atoms with van der Waals surface area (Å²) in [4.78, 5) is 33.5. The number of ether oxygens (including phenoxy) is 3. The first-order chi connectivity index (χ1) is 8.34. The highest BCUT2D eigenvalue weighted by molar-refractivity contribution is 5.85. The number of esters is 3. The van der Waals surface area contributed by atoms with E-state index >= 15 is 0 Å². The molecule has 0 spiro atoms. The first kappa shape index (κ1) is 14.2. The van der Waals surface area contributed by atoms with Gasteiger partial charge in [-0.2, -0.15) is 0 Å². The Hall–Kier alpha value is -1.85. The van der Waals surface area contributed by atoms with Gasteiger partial charge in [-0.3, -0.25) is 0 Å². The summed E-state index contributed by atoms with van der Waals surface area (Å²) in [7, 11) is 0. The molecule has 1 unspecified atom stereocenters. The number of hydrogen-bond acceptors (Lipinski definition) is 6. The van der Waals surface area contributed by atoms with Gasteiger partial charge in [0.1, 0.15) is 0 Å². The summed E-state index contributed by atoms with van der Waals surface area (Å²) < 4.78 is 14.3. The van der Waals surface area contributed by atoms with Crippen molar-refractivity contribution in [2.24, 2.45) is 5.41 Å². The molecule has 1 saturated heterocycles. The van der Waals surface area contributed by atoms with Crippen molar-refractivity contribution in [3.63, 3.8) is 0 Å². The van der Waals surface area contributed by atoms with Crippen molar-refractivity contribution >= 4 is 17.9 Å². The summed E-state index contributed by atoms with van der Waals surface area (Å²) in [5, 5.41) is 0. The van der Waals surface area contributed by atoms with E-state index in [1.54, 1.807) is 0 Å². The normalized spacial score (nSPS) is 21.7. The zero-order chi connectivity index (χ0) is 13.8. The van der Waals surface area contributed by atoms with Crippen molar-refractivity contribution < 1.29 is 28.6 Å². The highest BCUT2D eigenvalue weighted by Gasteiger charge is 2.37. The van der Waals surface area contributed by atoms with E-state index in [1.165, 1.54) is 0 Å². The summed E-state index contributed by atoms with van der Waals surface area (Å²) in [6.45, 7) is 6.74. The summed E-state index contributed by atoms with van der Waals surface area (Å²) in [6.07, 6.45) is 0.377. The molecule has 1 rings (SSSR count). The third kappa shape index (κ3) is 4.20. The number of cyclic esters (lactones) is 1. The minimum absolute atomic E-state index is 0.239. The molecule has 6 heteroatoms. The maximum atomic E-state index is 11.4. The highest BCUT2D eigenvalue weighted by Crippen LogP contribution is 2.29. The number of rotatable bonds is 4. The van der Waals surface area contributed by atoms with E-state index < -0.39 is 30.6 Å². The van der Waals surface area contributed by atoms with Crippen molar-refractivity contribution in [3.8, 4) is 0 Å². The fourth-order valence-corrected chi connectivity index (χ4v) is 1.48. The van der Waals surface area contributed by atoms with Crippen LogP contribution in [0.3, 0.4) is 0 Å². The van der Waals surface area contributed by atoms with Crippen LogP contribution in [0, 0.1) is 5.41 Å². The summed E-state index contributed by atoms with van der Waals surface area (Å²) >= 11 is 0. The summed E-state index contributed by atoms with van der Waals surface area (Å²) in [6, 6.07) is 0. The minimum Gasteiger partial charge on any atom is -0.462 e. The lowest BCUT2D eigenvalue weighted by atomic mass is 9.86. The van der Waals surface area contributed by atoms with Crippen LogP contribution in [0.1, 0.15) is 20.3 Å². The molecule has 0 N–H and O–H groups in total. The van der Waals surface area contributed by atoms with Crippen LogP contribution in [0.25, 0.3) is 0 Å². The van der Waals surface area contributed by atoms with Crippen LogP contribution in [-0.4, -0.2) is 37.2 Å². The predicted octanol–water partition coefficient (Wildman–Crippen LogP) is 0.600. The molecule has 0 amide bonds. The molecule has 0 saturated carbocycles. The Kier molecular flexibility index (Phi) is 4.47. The van der Waals surface area contributed by atoms with Gasteiger partial charge in [-0.05, 0) is 0 Å². The fraction of sp³-hybridized carbons (Fsp3) is 0.583. The second-order valence-corrected chi connectivity index (χ2v) is 4.77. The van der Waals surface area contributed by atoms with Crippen molar-refractivity contribution in [1.29, 1.82) is 0 Å². The number of hydrogen-bond donors (Lipinski definition) is 0. The van der Waals surface area contributed by atoms with Gasteiger partial charge in [0.15, 0.2) is 12.7 Å². The summed E-state index contributed by atoms with van der Waals surface area (Å²) in [5.41, 5.74) is -0.239. The average Bonchev–Trinajstić information content (AvgIpc) is 2.30. The Balaban J connectivity index is 2.45. The third-order valence-electron chi connectivity index (χ3n) is 2.38. The van der Waals surface area contributed by atoms with Crippen LogP contribution in [0.5, 0.6) is 0 Å². The van der Waals surface area contributed by atoms with Gasteiger partial charge in [0, 0.05) is 17.9 Å². The van der Waals surface area contributed by atoms with Crippen molar-refractivity contribution in [1.82, 2.24) is 0 Å². The van der Waals surface area contributed by atoms with Gasteiger partial charge < -0.3 is 14.2 Å². The molecule has 1 atom stereocenters. The molecule has 1 aliphatic heterocycles. The van der Waals surface area contributed by atoms with E-state index in [-0.39, 0.29) is 5.41 Å². The van der Waals surface area contributed by atoms with E-state index in [4.69, 9.17) is 9.47 Å². The molecule has 0 bridgehead atoms. The van der Waals surface area contributed by atoms with E-state index in [9.17, 15) is 14.4 Å². The molecule has 0 radical (unpaired) electrons. The van der Waals surface area contributed by atoms with Crippen molar-refractivity contribution in [2.75, 3.05) is 13.2 Å². The molecule has 6 nitrogen and oxygen atoms in total. The van der Waals surface area contributed by atoms with Crippen molar-refractivity contribution in [2.45, 2.75) is 26.4 Å². The molecule has 0 aromatic rings. The Morgan fingerprint density at radius 3 is 2.83 bits per heavy atom. The molecule has 1 aliphatic rings. The van der Waals surface area contributed by atoms with Crippen molar-refractivity contribution in [3.05, 3.63) is 12.7 Å². The molecular formula is C12H16O6. The van der Waals surface area contributed by atoms with Crippen LogP contribution in [0.2, 0.25) is 0 Å². The van der Waals surface area contributed by atoms with Crippen LogP contribution in [-0.2, 0) is 28.6 Å². The van der Waals surface area contributed by atoms with Gasteiger partial charge in [0.05, 0.1) is 6.61 Å². The predicted molar refractivity (Wildman–Crippen MR) is 60.4 cm³/mol. The Labute approximate surface area is 105 Å². The maximum absolute atomic E-state index is 11.4. The maximum Gasteiger partial charge on any atom is 0.347 e. The molecule has 100 valence electrons. The highest BCUT2D eigenvalue weighted by atomic mass is 16.6. The standard InChI is InChI=1S/C12H16O6/c1-4-9(13)16-6-10(14)18-8-5-12(2,3)7-17-11(8)15/h4,8H,1,5-7H2,2-3H3. The lowest BCUT2D eigenvalue weighted by Gasteiger charge is -2.33. The largest absolute Gasteiger partial charge is 0.462 e. The van der Waals surface area contributed by atoms with Crippen LogP contribution < -0.4 is 0 Å². The van der Waals surface area contributed by atoms with Gasteiger partial charge in [-0.1, -0.05) is 20.4 Å². The van der Waals surface area contributed by atoms with Gasteiger partial charge >= 0.3 is 17.9 Å². The lowest BCUT2D eigenvalue weighted by Crippen LogP contribution is -2.42. The first-order valence-electron chi connectivity index (χ1n) is 5.49. The Morgan fingerprint density at radius 2 is 2.22 bits per heavy atom. The van der Waals surface area contributed by atoms with Gasteiger partial charge in [-0.15, -0.1) is 0 Å². The monoisotopic (exact) mass is 256 g/mol. The second kappa shape index (κ2) is 5.66. The average molecular weight is 256 g/mol.